The van der Waals surface area contributed by atoms with E-state index in [2.05, 4.69) is 31.2 Å². The molecule has 0 unspecified atom stereocenters. The topological polar surface area (TPSA) is 20.2 Å². The van der Waals surface area contributed by atoms with E-state index in [1.54, 1.807) is 6.07 Å². The molecule has 0 atom stereocenters. The van der Waals surface area contributed by atoms with E-state index in [-0.39, 0.29) is 0 Å². The minimum absolute atomic E-state index is 0.319. The summed E-state index contributed by atoms with van der Waals surface area (Å²) in [4.78, 5) is 0. The van der Waals surface area contributed by atoms with Gasteiger partial charge in [0, 0.05) is 0 Å². The standard InChI is InChI=1S/C24H34Cl2OSi/c1-2-3-4-5-6-7-8-10-20-12-14-21(15-13-20)24-17-16-23(27)19-22(24)11-9-18-28(25)26/h12-17,19,27-28H,2-11,18H2,1H3. The second-order valence-electron chi connectivity index (χ2n) is 7.69. The maximum atomic E-state index is 9.88. The van der Waals surface area contributed by atoms with Gasteiger partial charge in [0.2, 0.25) is 7.42 Å². The van der Waals surface area contributed by atoms with Crippen molar-refractivity contribution < 1.29 is 5.11 Å². The molecule has 0 aliphatic rings. The van der Waals surface area contributed by atoms with Crippen molar-refractivity contribution in [3.05, 3.63) is 53.6 Å². The summed E-state index contributed by atoms with van der Waals surface area (Å²) in [5.41, 5.74) is 4.99. The fourth-order valence-electron chi connectivity index (χ4n) is 3.65. The third-order valence-corrected chi connectivity index (χ3v) is 7.45. The van der Waals surface area contributed by atoms with Crippen LogP contribution in [0, 0.1) is 0 Å². The number of phenols is 1. The van der Waals surface area contributed by atoms with Crippen LogP contribution in [0.1, 0.15) is 69.4 Å². The van der Waals surface area contributed by atoms with Gasteiger partial charge in [0.05, 0.1) is 0 Å². The first-order valence-corrected chi connectivity index (χ1v) is 15.1. The smallest absolute Gasteiger partial charge is 0.237 e. The number of halogens is 2. The van der Waals surface area contributed by atoms with Crippen LogP contribution in [0.2, 0.25) is 6.04 Å². The van der Waals surface area contributed by atoms with E-state index in [1.807, 2.05) is 12.1 Å². The minimum atomic E-state index is -1.56. The first-order valence-electron chi connectivity index (χ1n) is 10.8. The average molecular weight is 438 g/mol. The number of phenolic OH excluding ortho intramolecular Hbond substituents is 1. The summed E-state index contributed by atoms with van der Waals surface area (Å²) in [6, 6.07) is 15.5. The number of hydrogen-bond acceptors (Lipinski definition) is 1. The van der Waals surface area contributed by atoms with Gasteiger partial charge in [0.15, 0.2) is 0 Å². The van der Waals surface area contributed by atoms with Crippen molar-refractivity contribution in [2.75, 3.05) is 0 Å². The van der Waals surface area contributed by atoms with Crippen molar-refractivity contribution in [3.63, 3.8) is 0 Å². The molecule has 28 heavy (non-hydrogen) atoms. The Labute approximate surface area is 182 Å². The van der Waals surface area contributed by atoms with Crippen molar-refractivity contribution in [2.24, 2.45) is 0 Å². The van der Waals surface area contributed by atoms with Gasteiger partial charge in [-0.25, -0.2) is 0 Å². The van der Waals surface area contributed by atoms with Gasteiger partial charge in [-0.05, 0) is 66.1 Å². The Morgan fingerprint density at radius 1 is 0.786 bits per heavy atom. The molecule has 2 aromatic carbocycles. The Morgan fingerprint density at radius 2 is 1.46 bits per heavy atom. The van der Waals surface area contributed by atoms with Gasteiger partial charge in [0.25, 0.3) is 0 Å². The molecule has 1 N–H and O–H groups in total. The fourth-order valence-corrected chi connectivity index (χ4v) is 5.09. The Balaban J connectivity index is 1.90. The highest BCUT2D eigenvalue weighted by Crippen LogP contribution is 2.29. The molecule has 0 radical (unpaired) electrons. The monoisotopic (exact) mass is 436 g/mol. The Hall–Kier alpha value is -0.963. The molecule has 0 saturated heterocycles. The van der Waals surface area contributed by atoms with Crippen LogP contribution in [0.15, 0.2) is 42.5 Å². The number of unbranched alkanes of at least 4 members (excludes halogenated alkanes) is 6. The predicted molar refractivity (Wildman–Crippen MR) is 127 cm³/mol. The van der Waals surface area contributed by atoms with Crippen molar-refractivity contribution in [1.82, 2.24) is 0 Å². The van der Waals surface area contributed by atoms with Gasteiger partial charge in [0.1, 0.15) is 5.75 Å². The molecule has 0 aliphatic heterocycles. The SMILES string of the molecule is CCCCCCCCCc1ccc(-c2ccc(O)cc2CCC[SiH](Cl)Cl)cc1. The normalized spacial score (nSPS) is 11.3. The summed E-state index contributed by atoms with van der Waals surface area (Å²) in [6.45, 7) is 2.27. The Bertz CT molecular complexity index is 686. The second-order valence-corrected chi connectivity index (χ2v) is 12.9. The molecular weight excluding hydrogens is 403 g/mol. The molecule has 2 aromatic rings. The maximum absolute atomic E-state index is 9.88. The largest absolute Gasteiger partial charge is 0.508 e. The van der Waals surface area contributed by atoms with E-state index >= 15 is 0 Å². The zero-order valence-corrected chi connectivity index (χ0v) is 19.8. The molecule has 0 amide bonds. The maximum Gasteiger partial charge on any atom is 0.237 e. The van der Waals surface area contributed by atoms with Crippen molar-refractivity contribution in [1.29, 1.82) is 0 Å². The lowest BCUT2D eigenvalue weighted by atomic mass is 9.95. The summed E-state index contributed by atoms with van der Waals surface area (Å²) >= 11 is 12.0. The lowest BCUT2D eigenvalue weighted by Crippen LogP contribution is -1.96. The zero-order valence-electron chi connectivity index (χ0n) is 17.1. The summed E-state index contributed by atoms with van der Waals surface area (Å²) in [5.74, 6) is 0.319. The number of rotatable bonds is 13. The average Bonchev–Trinajstić information content (AvgIpc) is 2.68. The third kappa shape index (κ3) is 8.59. The van der Waals surface area contributed by atoms with Gasteiger partial charge in [-0.15, -0.1) is 0 Å². The molecule has 4 heteroatoms. The Kier molecular flexibility index (Phi) is 11.1. The molecule has 0 aromatic heterocycles. The van der Waals surface area contributed by atoms with Gasteiger partial charge in [-0.2, -0.15) is 22.2 Å². The molecule has 1 nitrogen and oxygen atoms in total. The van der Waals surface area contributed by atoms with Crippen molar-refractivity contribution >= 4 is 29.6 Å². The van der Waals surface area contributed by atoms with E-state index in [0.717, 1.165) is 25.3 Å². The number of benzene rings is 2. The molecule has 154 valence electrons. The molecule has 0 aliphatic carbocycles. The number of aromatic hydroxyl groups is 1. The molecule has 0 fully saturated rings. The van der Waals surface area contributed by atoms with Crippen LogP contribution >= 0.6 is 22.2 Å². The first kappa shape index (κ1) is 23.3. The number of aryl methyl sites for hydroxylation is 2. The van der Waals surface area contributed by atoms with E-state index in [4.69, 9.17) is 22.2 Å². The summed E-state index contributed by atoms with van der Waals surface area (Å²) < 4.78 is 0. The van der Waals surface area contributed by atoms with Crippen LogP contribution in [0.25, 0.3) is 11.1 Å². The lowest BCUT2D eigenvalue weighted by molar-refractivity contribution is 0.474. The molecule has 0 heterocycles. The van der Waals surface area contributed by atoms with Gasteiger partial charge >= 0.3 is 0 Å². The van der Waals surface area contributed by atoms with Gasteiger partial charge in [-0.1, -0.05) is 75.8 Å². The minimum Gasteiger partial charge on any atom is -0.508 e. The molecule has 2 rings (SSSR count). The van der Waals surface area contributed by atoms with Crippen LogP contribution < -0.4 is 0 Å². The fraction of sp³-hybridized carbons (Fsp3) is 0.500. The van der Waals surface area contributed by atoms with E-state index < -0.39 is 7.42 Å². The highest BCUT2D eigenvalue weighted by atomic mass is 35.7. The van der Waals surface area contributed by atoms with Gasteiger partial charge in [-0.3, -0.25) is 0 Å². The molecular formula is C24H34Cl2OSi. The van der Waals surface area contributed by atoms with E-state index in [0.29, 0.717) is 5.75 Å². The van der Waals surface area contributed by atoms with Crippen LogP contribution in [0.4, 0.5) is 0 Å². The summed E-state index contributed by atoms with van der Waals surface area (Å²) in [7, 11) is -1.56. The molecule has 0 spiro atoms. The highest BCUT2D eigenvalue weighted by Gasteiger charge is 2.09. The lowest BCUT2D eigenvalue weighted by Gasteiger charge is -2.12. The molecule has 0 saturated carbocycles. The van der Waals surface area contributed by atoms with Crippen LogP contribution in [-0.4, -0.2) is 12.5 Å². The van der Waals surface area contributed by atoms with Crippen LogP contribution in [0.5, 0.6) is 5.75 Å². The first-order chi connectivity index (χ1) is 13.6. The quantitative estimate of drug-likeness (QED) is 0.191. The Morgan fingerprint density at radius 3 is 2.14 bits per heavy atom. The molecule has 0 bridgehead atoms. The van der Waals surface area contributed by atoms with Crippen LogP contribution in [0.3, 0.4) is 0 Å². The van der Waals surface area contributed by atoms with Crippen LogP contribution in [-0.2, 0) is 12.8 Å². The second kappa shape index (κ2) is 13.3. The summed E-state index contributed by atoms with van der Waals surface area (Å²) in [5, 5.41) is 9.88. The van der Waals surface area contributed by atoms with E-state index in [9.17, 15) is 5.11 Å². The number of hydrogen-bond donors (Lipinski definition) is 1. The summed E-state index contributed by atoms with van der Waals surface area (Å²) in [6.07, 6.45) is 12.5. The third-order valence-electron chi connectivity index (χ3n) is 5.29. The highest BCUT2D eigenvalue weighted by molar-refractivity contribution is 7.33. The zero-order chi connectivity index (χ0) is 20.2. The van der Waals surface area contributed by atoms with Gasteiger partial charge < -0.3 is 5.11 Å². The van der Waals surface area contributed by atoms with Crippen molar-refractivity contribution in [2.45, 2.75) is 77.2 Å². The predicted octanol–water partition coefficient (Wildman–Crippen LogP) is 7.98. The van der Waals surface area contributed by atoms with Crippen molar-refractivity contribution in [3.8, 4) is 16.9 Å². The van der Waals surface area contributed by atoms with E-state index in [1.165, 1.54) is 67.2 Å².